The smallest absolute Gasteiger partial charge is 0.368 e. The number of piperazine rings is 1. The van der Waals surface area contributed by atoms with Crippen LogP contribution in [-0.2, 0) is 6.54 Å². The van der Waals surface area contributed by atoms with Gasteiger partial charge in [0.15, 0.2) is 0 Å². The molecular formula is C16H19ClF3N7. The van der Waals surface area contributed by atoms with Crippen molar-refractivity contribution in [3.63, 3.8) is 0 Å². The molecule has 3 rings (SSSR count). The molecular weight excluding hydrogens is 383 g/mol. The van der Waals surface area contributed by atoms with Crippen molar-refractivity contribution in [2.45, 2.75) is 12.7 Å². The molecule has 27 heavy (non-hydrogen) atoms. The molecule has 7 nitrogen and oxygen atoms in total. The number of nitrogens with one attached hydrogen (secondary N) is 1. The molecule has 0 spiro atoms. The molecule has 0 radical (unpaired) electrons. The van der Waals surface area contributed by atoms with E-state index in [1.54, 1.807) is 24.3 Å². The fraction of sp³-hybridized carbons (Fsp3) is 0.438. The van der Waals surface area contributed by atoms with Crippen LogP contribution >= 0.6 is 11.6 Å². The van der Waals surface area contributed by atoms with Gasteiger partial charge in [-0.05, 0) is 24.3 Å². The van der Waals surface area contributed by atoms with E-state index in [2.05, 4.69) is 20.3 Å². The molecule has 2 aromatic rings. The second-order valence-electron chi connectivity index (χ2n) is 6.23. The van der Waals surface area contributed by atoms with Gasteiger partial charge in [0.05, 0.1) is 13.1 Å². The Morgan fingerprint density at radius 2 is 1.63 bits per heavy atom. The van der Waals surface area contributed by atoms with Crippen LogP contribution < -0.4 is 11.1 Å². The highest BCUT2D eigenvalue weighted by atomic mass is 35.5. The Labute approximate surface area is 159 Å². The highest BCUT2D eigenvalue weighted by Gasteiger charge is 2.32. The van der Waals surface area contributed by atoms with Crippen LogP contribution in [-0.4, -0.2) is 63.7 Å². The number of halogens is 4. The molecule has 2 heterocycles. The Morgan fingerprint density at radius 1 is 1.00 bits per heavy atom. The number of alkyl halides is 3. The van der Waals surface area contributed by atoms with Gasteiger partial charge in [-0.25, -0.2) is 0 Å². The van der Waals surface area contributed by atoms with Crippen molar-refractivity contribution in [1.82, 2.24) is 24.8 Å². The van der Waals surface area contributed by atoms with E-state index in [0.29, 0.717) is 49.5 Å². The van der Waals surface area contributed by atoms with E-state index in [1.807, 2.05) is 4.90 Å². The van der Waals surface area contributed by atoms with Crippen molar-refractivity contribution < 1.29 is 13.2 Å². The van der Waals surface area contributed by atoms with Gasteiger partial charge in [-0.3, -0.25) is 9.80 Å². The van der Waals surface area contributed by atoms with Gasteiger partial charge in [-0.1, -0.05) is 11.6 Å². The molecule has 0 unspecified atom stereocenters. The van der Waals surface area contributed by atoms with E-state index in [0.717, 1.165) is 5.69 Å². The molecule has 3 N–H and O–H groups in total. The number of hydrogen-bond donors (Lipinski definition) is 2. The Hall–Kier alpha value is -2.17. The van der Waals surface area contributed by atoms with Crippen molar-refractivity contribution in [3.05, 3.63) is 35.1 Å². The summed E-state index contributed by atoms with van der Waals surface area (Å²) in [7, 11) is 0. The van der Waals surface area contributed by atoms with E-state index in [-0.39, 0.29) is 5.95 Å². The summed E-state index contributed by atoms with van der Waals surface area (Å²) in [5, 5.41) is 3.64. The summed E-state index contributed by atoms with van der Waals surface area (Å²) in [6, 6.07) is 7.02. The number of rotatable bonds is 5. The largest absolute Gasteiger partial charge is 0.401 e. The van der Waals surface area contributed by atoms with Crippen molar-refractivity contribution in [2.75, 3.05) is 43.8 Å². The molecule has 0 bridgehead atoms. The fourth-order valence-corrected chi connectivity index (χ4v) is 2.91. The first-order chi connectivity index (χ1) is 12.8. The van der Waals surface area contributed by atoms with E-state index in [9.17, 15) is 13.2 Å². The average Bonchev–Trinajstić information content (AvgIpc) is 2.57. The third-order valence-corrected chi connectivity index (χ3v) is 4.28. The summed E-state index contributed by atoms with van der Waals surface area (Å²) in [5.41, 5.74) is 6.51. The van der Waals surface area contributed by atoms with Crippen LogP contribution in [0.1, 0.15) is 5.82 Å². The third-order valence-electron chi connectivity index (χ3n) is 4.03. The lowest BCUT2D eigenvalue weighted by molar-refractivity contribution is -0.149. The van der Waals surface area contributed by atoms with E-state index < -0.39 is 12.7 Å². The number of anilines is 3. The molecule has 0 aliphatic carbocycles. The SMILES string of the molecule is Nc1nc(CN2CCN(CC(F)(F)F)CC2)nc(Nc2ccc(Cl)cc2)n1. The van der Waals surface area contributed by atoms with Gasteiger partial charge in [-0.15, -0.1) is 0 Å². The lowest BCUT2D eigenvalue weighted by Crippen LogP contribution is -2.48. The first kappa shape index (κ1) is 19.6. The number of aromatic nitrogens is 3. The van der Waals surface area contributed by atoms with Crippen LogP contribution in [0.15, 0.2) is 24.3 Å². The maximum absolute atomic E-state index is 12.5. The van der Waals surface area contributed by atoms with E-state index in [1.165, 1.54) is 4.90 Å². The molecule has 1 aromatic heterocycles. The van der Waals surface area contributed by atoms with Crippen molar-refractivity contribution in [1.29, 1.82) is 0 Å². The number of benzene rings is 1. The van der Waals surface area contributed by atoms with Crippen LogP contribution in [0.2, 0.25) is 5.02 Å². The standard InChI is InChI=1S/C16H19ClF3N7/c17-11-1-3-12(4-2-11)22-15-24-13(23-14(21)25-15)9-26-5-7-27(8-6-26)10-16(18,19)20/h1-4H,5-10H2,(H3,21,22,23,24,25). The summed E-state index contributed by atoms with van der Waals surface area (Å²) in [6.07, 6.45) is -4.17. The third kappa shape index (κ3) is 6.19. The van der Waals surface area contributed by atoms with Gasteiger partial charge < -0.3 is 11.1 Å². The predicted molar refractivity (Wildman–Crippen MR) is 96.7 cm³/mol. The first-order valence-corrected chi connectivity index (χ1v) is 8.69. The second kappa shape index (κ2) is 8.24. The Bertz CT molecular complexity index is 762. The van der Waals surface area contributed by atoms with Gasteiger partial charge in [0.2, 0.25) is 11.9 Å². The van der Waals surface area contributed by atoms with Gasteiger partial charge >= 0.3 is 6.18 Å². The Kier molecular flexibility index (Phi) is 5.98. The summed E-state index contributed by atoms with van der Waals surface area (Å²) in [5.74, 6) is 0.839. The van der Waals surface area contributed by atoms with Gasteiger partial charge in [0.1, 0.15) is 5.82 Å². The Morgan fingerprint density at radius 3 is 2.26 bits per heavy atom. The molecule has 1 fully saturated rings. The van der Waals surface area contributed by atoms with E-state index >= 15 is 0 Å². The number of nitrogens with zero attached hydrogens (tertiary/aromatic N) is 5. The molecule has 1 aromatic carbocycles. The van der Waals surface area contributed by atoms with Gasteiger partial charge in [-0.2, -0.15) is 28.1 Å². The van der Waals surface area contributed by atoms with Crippen LogP contribution in [0.5, 0.6) is 0 Å². The summed E-state index contributed by atoms with van der Waals surface area (Å²) >= 11 is 5.86. The summed E-state index contributed by atoms with van der Waals surface area (Å²) < 4.78 is 37.4. The first-order valence-electron chi connectivity index (χ1n) is 8.31. The molecule has 0 saturated carbocycles. The quantitative estimate of drug-likeness (QED) is 0.796. The Balaban J connectivity index is 1.59. The number of nitrogen functional groups attached to an aromatic ring is 1. The summed E-state index contributed by atoms with van der Waals surface area (Å²) in [4.78, 5) is 15.9. The zero-order valence-electron chi connectivity index (χ0n) is 14.4. The summed E-state index contributed by atoms with van der Waals surface area (Å²) in [6.45, 7) is 1.20. The van der Waals surface area contributed by atoms with E-state index in [4.69, 9.17) is 17.3 Å². The molecule has 0 amide bonds. The zero-order valence-corrected chi connectivity index (χ0v) is 15.1. The molecule has 1 saturated heterocycles. The predicted octanol–water partition coefficient (Wildman–Crippen LogP) is 2.53. The minimum absolute atomic E-state index is 0.0761. The zero-order chi connectivity index (χ0) is 19.4. The lowest BCUT2D eigenvalue weighted by atomic mass is 10.3. The number of nitrogens with two attached hydrogens (primary N) is 1. The van der Waals surface area contributed by atoms with Gasteiger partial charge in [0.25, 0.3) is 0 Å². The minimum Gasteiger partial charge on any atom is -0.368 e. The monoisotopic (exact) mass is 401 g/mol. The van der Waals surface area contributed by atoms with Crippen LogP contribution in [0, 0.1) is 0 Å². The number of hydrogen-bond acceptors (Lipinski definition) is 7. The maximum Gasteiger partial charge on any atom is 0.401 e. The molecule has 0 atom stereocenters. The highest BCUT2D eigenvalue weighted by Crippen LogP contribution is 2.19. The minimum atomic E-state index is -4.17. The van der Waals surface area contributed by atoms with Crippen molar-refractivity contribution >= 4 is 29.2 Å². The van der Waals surface area contributed by atoms with Crippen LogP contribution in [0.4, 0.5) is 30.8 Å². The fourth-order valence-electron chi connectivity index (χ4n) is 2.79. The molecule has 1 aliphatic heterocycles. The van der Waals surface area contributed by atoms with Crippen LogP contribution in [0.25, 0.3) is 0 Å². The van der Waals surface area contributed by atoms with Gasteiger partial charge in [0, 0.05) is 36.9 Å². The maximum atomic E-state index is 12.5. The van der Waals surface area contributed by atoms with Crippen molar-refractivity contribution in [3.8, 4) is 0 Å². The lowest BCUT2D eigenvalue weighted by Gasteiger charge is -2.34. The molecule has 1 aliphatic rings. The molecule has 11 heteroatoms. The average molecular weight is 402 g/mol. The normalized spacial score (nSPS) is 16.4. The van der Waals surface area contributed by atoms with Crippen molar-refractivity contribution in [2.24, 2.45) is 0 Å². The second-order valence-corrected chi connectivity index (χ2v) is 6.67. The molecule has 146 valence electrons. The topological polar surface area (TPSA) is 83.2 Å². The highest BCUT2D eigenvalue weighted by molar-refractivity contribution is 6.30. The van der Waals surface area contributed by atoms with Crippen LogP contribution in [0.3, 0.4) is 0 Å².